The number of nitrogens with one attached hydrogen (secondary N) is 2. The lowest BCUT2D eigenvalue weighted by Crippen LogP contribution is -2.24. The van der Waals surface area contributed by atoms with Crippen molar-refractivity contribution in [1.82, 2.24) is 10.7 Å². The van der Waals surface area contributed by atoms with Crippen LogP contribution in [0.4, 0.5) is 0 Å². The number of rotatable bonds is 14. The molecule has 10 heteroatoms. The molecule has 3 aromatic rings. The normalized spacial score (nSPS) is 10.6. The molecule has 0 radical (unpaired) electrons. The molecule has 0 spiro atoms. The highest BCUT2D eigenvalue weighted by Gasteiger charge is 2.15. The largest absolute Gasteiger partial charge is 0.493 e. The lowest BCUT2D eigenvalue weighted by Gasteiger charge is -2.11. The number of hydrogen-bond acceptors (Lipinski definition) is 8. The van der Waals surface area contributed by atoms with Crippen LogP contribution < -0.4 is 29.7 Å². The van der Waals surface area contributed by atoms with Crippen molar-refractivity contribution in [3.05, 3.63) is 83.4 Å². The van der Waals surface area contributed by atoms with Crippen molar-refractivity contribution < 1.29 is 33.3 Å². The van der Waals surface area contributed by atoms with Gasteiger partial charge in [0.2, 0.25) is 5.91 Å². The molecule has 0 fully saturated rings. The Morgan fingerprint density at radius 2 is 1.45 bits per heavy atom. The van der Waals surface area contributed by atoms with Gasteiger partial charge in [-0.15, -0.1) is 0 Å². The van der Waals surface area contributed by atoms with E-state index in [4.69, 9.17) is 18.9 Å². The third-order valence-electron chi connectivity index (χ3n) is 5.81. The van der Waals surface area contributed by atoms with Crippen LogP contribution in [0.5, 0.6) is 23.0 Å². The predicted octanol–water partition coefficient (Wildman–Crippen LogP) is 4.37. The summed E-state index contributed by atoms with van der Waals surface area (Å²) in [6.45, 7) is 0.551. The molecule has 0 bridgehead atoms. The average molecular weight is 548 g/mol. The number of unbranched alkanes of at least 4 members (excludes halogenated alkanes) is 2. The van der Waals surface area contributed by atoms with Crippen molar-refractivity contribution in [2.75, 3.05) is 27.9 Å². The van der Waals surface area contributed by atoms with Crippen molar-refractivity contribution in [2.24, 2.45) is 5.10 Å². The maximum absolute atomic E-state index is 12.6. The molecule has 3 rings (SSSR count). The summed E-state index contributed by atoms with van der Waals surface area (Å²) in [5, 5.41) is 6.86. The Morgan fingerprint density at radius 3 is 2.17 bits per heavy atom. The lowest BCUT2D eigenvalue weighted by molar-refractivity contribution is -0.121. The van der Waals surface area contributed by atoms with Crippen LogP contribution in [0.15, 0.2) is 71.8 Å². The van der Waals surface area contributed by atoms with Gasteiger partial charge in [-0.3, -0.25) is 9.59 Å². The Hall–Kier alpha value is -4.86. The van der Waals surface area contributed by atoms with Crippen molar-refractivity contribution in [2.45, 2.75) is 25.7 Å². The molecular formula is C30H33N3O7. The van der Waals surface area contributed by atoms with Crippen molar-refractivity contribution in [1.29, 1.82) is 0 Å². The van der Waals surface area contributed by atoms with Gasteiger partial charge in [0.25, 0.3) is 5.91 Å². The van der Waals surface area contributed by atoms with Gasteiger partial charge < -0.3 is 24.3 Å². The summed E-state index contributed by atoms with van der Waals surface area (Å²) in [4.78, 5) is 36.7. The Labute approximate surface area is 233 Å². The van der Waals surface area contributed by atoms with E-state index in [1.807, 2.05) is 18.2 Å². The van der Waals surface area contributed by atoms with E-state index in [9.17, 15) is 14.4 Å². The second-order valence-corrected chi connectivity index (χ2v) is 8.60. The number of nitrogens with zero attached hydrogens (tertiary/aromatic N) is 1. The summed E-state index contributed by atoms with van der Waals surface area (Å²) in [7, 11) is 4.45. The van der Waals surface area contributed by atoms with Gasteiger partial charge in [0, 0.05) is 18.5 Å². The first-order chi connectivity index (χ1) is 19.4. The Balaban J connectivity index is 1.42. The smallest absolute Gasteiger partial charge is 0.343 e. The molecule has 0 saturated carbocycles. The van der Waals surface area contributed by atoms with E-state index >= 15 is 0 Å². The van der Waals surface area contributed by atoms with E-state index in [0.29, 0.717) is 47.8 Å². The fourth-order valence-corrected chi connectivity index (χ4v) is 3.69. The second kappa shape index (κ2) is 15.5. The fraction of sp³-hybridized carbons (Fsp3) is 0.267. The molecular weight excluding hydrogens is 514 g/mol. The van der Waals surface area contributed by atoms with Crippen molar-refractivity contribution in [3.63, 3.8) is 0 Å². The zero-order valence-corrected chi connectivity index (χ0v) is 22.8. The molecule has 0 unspecified atom stereocenters. The Bertz CT molecular complexity index is 1330. The third-order valence-corrected chi connectivity index (χ3v) is 5.81. The van der Waals surface area contributed by atoms with Crippen LogP contribution in [0.25, 0.3) is 0 Å². The number of carbonyl (C=O) groups is 3. The number of ether oxygens (including phenoxy) is 4. The van der Waals surface area contributed by atoms with Gasteiger partial charge in [-0.2, -0.15) is 5.10 Å². The first kappa shape index (κ1) is 29.7. The molecule has 0 aliphatic carbocycles. The first-order valence-corrected chi connectivity index (χ1v) is 12.7. The van der Waals surface area contributed by atoms with Gasteiger partial charge >= 0.3 is 5.97 Å². The SMILES string of the molecule is COc1ccc(C(=O)Oc2ccc(C=NNC(=O)CCCCCNC(=O)c3ccccc3)cc2OC)cc1OC. The standard InChI is InChI=1S/C30H33N3O7/c1-37-24-16-14-23(19-27(24)39-3)30(36)40-25-15-13-21(18-26(25)38-2)20-32-33-28(34)12-8-5-9-17-31-29(35)22-10-6-4-7-11-22/h4,6-7,10-11,13-16,18-20H,5,8-9,12,17H2,1-3H3,(H,31,35)(H,33,34). The minimum absolute atomic E-state index is 0.103. The first-order valence-electron chi connectivity index (χ1n) is 12.7. The van der Waals surface area contributed by atoms with Crippen molar-refractivity contribution >= 4 is 24.0 Å². The van der Waals surface area contributed by atoms with Gasteiger partial charge in [-0.25, -0.2) is 10.2 Å². The zero-order chi connectivity index (χ0) is 28.7. The summed E-state index contributed by atoms with van der Waals surface area (Å²) in [6.07, 6.45) is 4.04. The van der Waals surface area contributed by atoms with E-state index in [1.54, 1.807) is 42.5 Å². The van der Waals surface area contributed by atoms with Crippen LogP contribution in [-0.4, -0.2) is 51.9 Å². The van der Waals surface area contributed by atoms with Gasteiger partial charge in [0.05, 0.1) is 33.1 Å². The van der Waals surface area contributed by atoms with Gasteiger partial charge in [-0.1, -0.05) is 24.6 Å². The van der Waals surface area contributed by atoms with E-state index in [2.05, 4.69) is 15.8 Å². The lowest BCUT2D eigenvalue weighted by atomic mass is 10.2. The second-order valence-electron chi connectivity index (χ2n) is 8.60. The predicted molar refractivity (Wildman–Crippen MR) is 150 cm³/mol. The van der Waals surface area contributed by atoms with Crippen LogP contribution >= 0.6 is 0 Å². The summed E-state index contributed by atoms with van der Waals surface area (Å²) in [5.74, 6) is 0.547. The number of hydrazone groups is 1. The van der Waals surface area contributed by atoms with Crippen LogP contribution in [-0.2, 0) is 4.79 Å². The molecule has 2 amide bonds. The molecule has 2 N–H and O–H groups in total. The number of amides is 2. The number of carbonyl (C=O) groups excluding carboxylic acids is 3. The van der Waals surface area contributed by atoms with E-state index in [-0.39, 0.29) is 23.1 Å². The highest BCUT2D eigenvalue weighted by molar-refractivity contribution is 5.94. The van der Waals surface area contributed by atoms with E-state index in [0.717, 1.165) is 12.8 Å². The molecule has 0 aliphatic heterocycles. The molecule has 0 aromatic heterocycles. The summed E-state index contributed by atoms with van der Waals surface area (Å²) in [5.41, 5.74) is 4.05. The maximum atomic E-state index is 12.6. The zero-order valence-electron chi connectivity index (χ0n) is 22.8. The van der Waals surface area contributed by atoms with E-state index in [1.165, 1.54) is 33.6 Å². The molecule has 40 heavy (non-hydrogen) atoms. The molecule has 10 nitrogen and oxygen atoms in total. The van der Waals surface area contributed by atoms with Gasteiger partial charge in [0.15, 0.2) is 23.0 Å². The topological polar surface area (TPSA) is 125 Å². The number of hydrogen-bond donors (Lipinski definition) is 2. The highest BCUT2D eigenvalue weighted by atomic mass is 16.6. The van der Waals surface area contributed by atoms with Crippen molar-refractivity contribution in [3.8, 4) is 23.0 Å². The summed E-state index contributed by atoms with van der Waals surface area (Å²) < 4.78 is 21.3. The number of methoxy groups -OCH3 is 3. The number of esters is 1. The molecule has 0 saturated heterocycles. The van der Waals surface area contributed by atoms with Crippen LogP contribution in [0.3, 0.4) is 0 Å². The average Bonchev–Trinajstić information content (AvgIpc) is 2.99. The van der Waals surface area contributed by atoms with E-state index < -0.39 is 5.97 Å². The van der Waals surface area contributed by atoms with Crippen LogP contribution in [0, 0.1) is 0 Å². The van der Waals surface area contributed by atoms with Crippen LogP contribution in [0.1, 0.15) is 52.0 Å². The maximum Gasteiger partial charge on any atom is 0.343 e. The van der Waals surface area contributed by atoms with Crippen LogP contribution in [0.2, 0.25) is 0 Å². The van der Waals surface area contributed by atoms with Gasteiger partial charge in [0.1, 0.15) is 0 Å². The minimum Gasteiger partial charge on any atom is -0.493 e. The Kier molecular flexibility index (Phi) is 11.5. The quantitative estimate of drug-likeness (QED) is 0.101. The minimum atomic E-state index is -0.591. The molecule has 0 aliphatic rings. The third kappa shape index (κ3) is 8.87. The molecule has 210 valence electrons. The Morgan fingerprint density at radius 1 is 0.750 bits per heavy atom. The molecule has 0 heterocycles. The molecule has 0 atom stereocenters. The van der Waals surface area contributed by atoms with Gasteiger partial charge in [-0.05, 0) is 66.9 Å². The monoisotopic (exact) mass is 547 g/mol. The summed E-state index contributed by atoms with van der Waals surface area (Å²) >= 11 is 0. The number of benzene rings is 3. The molecule has 3 aromatic carbocycles. The highest BCUT2D eigenvalue weighted by Crippen LogP contribution is 2.31. The summed E-state index contributed by atoms with van der Waals surface area (Å²) in [6, 6.07) is 18.7. The fourth-order valence-electron chi connectivity index (χ4n) is 3.69.